The quantitative estimate of drug-likeness (QED) is 0.488. The second-order valence-electron chi connectivity index (χ2n) is 6.07. The second kappa shape index (κ2) is 8.18. The summed E-state index contributed by atoms with van der Waals surface area (Å²) >= 11 is 0. The number of aromatic nitrogens is 2. The molecule has 3 aromatic carbocycles. The SMILES string of the molecule is Oc1ccccc1C=Nc1cccc(-c2nnc(N=Cc3ccccc3O)o2)c1. The lowest BCUT2D eigenvalue weighted by Crippen LogP contribution is -1.81. The first-order chi connectivity index (χ1) is 14.2. The van der Waals surface area contributed by atoms with E-state index in [9.17, 15) is 10.2 Å². The van der Waals surface area contributed by atoms with Crippen molar-refractivity contribution in [3.63, 3.8) is 0 Å². The van der Waals surface area contributed by atoms with Gasteiger partial charge in [0.25, 0.3) is 0 Å². The van der Waals surface area contributed by atoms with Crippen molar-refractivity contribution in [2.45, 2.75) is 0 Å². The van der Waals surface area contributed by atoms with Crippen LogP contribution in [0.15, 0.2) is 87.2 Å². The summed E-state index contributed by atoms with van der Waals surface area (Å²) in [5.74, 6) is 0.580. The topological polar surface area (TPSA) is 104 Å². The molecule has 7 heteroatoms. The van der Waals surface area contributed by atoms with Crippen molar-refractivity contribution >= 4 is 24.1 Å². The summed E-state index contributed by atoms with van der Waals surface area (Å²) in [7, 11) is 0. The molecule has 0 spiro atoms. The largest absolute Gasteiger partial charge is 0.507 e. The molecule has 1 heterocycles. The number of aliphatic imine (C=N–C) groups is 2. The lowest BCUT2D eigenvalue weighted by Gasteiger charge is -1.99. The van der Waals surface area contributed by atoms with Crippen molar-refractivity contribution < 1.29 is 14.6 Å². The fourth-order valence-corrected chi connectivity index (χ4v) is 2.57. The van der Waals surface area contributed by atoms with Crippen molar-refractivity contribution in [3.05, 3.63) is 83.9 Å². The van der Waals surface area contributed by atoms with E-state index in [1.807, 2.05) is 24.3 Å². The molecule has 0 radical (unpaired) electrons. The number of benzene rings is 3. The van der Waals surface area contributed by atoms with Gasteiger partial charge in [-0.2, -0.15) is 0 Å². The third kappa shape index (κ3) is 4.36. The highest BCUT2D eigenvalue weighted by Gasteiger charge is 2.08. The average Bonchev–Trinajstić information content (AvgIpc) is 3.22. The van der Waals surface area contributed by atoms with Crippen LogP contribution < -0.4 is 0 Å². The lowest BCUT2D eigenvalue weighted by atomic mass is 10.2. The molecule has 29 heavy (non-hydrogen) atoms. The van der Waals surface area contributed by atoms with Gasteiger partial charge in [-0.25, -0.2) is 4.99 Å². The van der Waals surface area contributed by atoms with Crippen molar-refractivity contribution in [2.75, 3.05) is 0 Å². The molecule has 0 amide bonds. The van der Waals surface area contributed by atoms with Gasteiger partial charge in [-0.3, -0.25) is 4.99 Å². The Labute approximate surface area is 166 Å². The smallest absolute Gasteiger partial charge is 0.342 e. The summed E-state index contributed by atoms with van der Waals surface area (Å²) in [6, 6.07) is 21.1. The van der Waals surface area contributed by atoms with Crippen molar-refractivity contribution in [1.29, 1.82) is 0 Å². The van der Waals surface area contributed by atoms with E-state index in [1.54, 1.807) is 54.7 Å². The standard InChI is InChI=1S/C22H16N4O3/c27-19-10-3-1-6-16(19)13-23-18-9-5-8-15(12-18)21-25-26-22(29-21)24-14-17-7-2-4-11-20(17)28/h1-14,27-28H. The number of hydrogen-bond acceptors (Lipinski definition) is 7. The molecule has 2 N–H and O–H groups in total. The van der Waals surface area contributed by atoms with E-state index in [0.717, 1.165) is 0 Å². The maximum absolute atomic E-state index is 9.82. The number of nitrogens with zero attached hydrogens (tertiary/aromatic N) is 4. The lowest BCUT2D eigenvalue weighted by molar-refractivity contribution is 0.474. The van der Waals surface area contributed by atoms with Crippen LogP contribution in [0.5, 0.6) is 11.5 Å². The van der Waals surface area contributed by atoms with Crippen LogP contribution in [0.2, 0.25) is 0 Å². The molecule has 0 atom stereocenters. The minimum atomic E-state index is 0.0753. The molecule has 4 rings (SSSR count). The normalized spacial score (nSPS) is 11.4. The first kappa shape index (κ1) is 18.1. The van der Waals surface area contributed by atoms with E-state index in [0.29, 0.717) is 28.3 Å². The van der Waals surface area contributed by atoms with Crippen molar-refractivity contribution in [3.8, 4) is 23.0 Å². The molecule has 0 saturated carbocycles. The van der Waals surface area contributed by atoms with Crippen LogP contribution in [0, 0.1) is 0 Å². The molecule has 7 nitrogen and oxygen atoms in total. The third-order valence-corrected chi connectivity index (χ3v) is 4.05. The number of para-hydroxylation sites is 2. The number of rotatable bonds is 5. The van der Waals surface area contributed by atoms with E-state index in [2.05, 4.69) is 20.2 Å². The first-order valence-corrected chi connectivity index (χ1v) is 8.77. The zero-order valence-electron chi connectivity index (χ0n) is 15.2. The van der Waals surface area contributed by atoms with Crippen LogP contribution >= 0.6 is 0 Å². The van der Waals surface area contributed by atoms with Crippen LogP contribution in [-0.4, -0.2) is 32.8 Å². The number of phenolic OH excluding ortho intramolecular Hbond substituents is 2. The van der Waals surface area contributed by atoms with Crippen LogP contribution in [0.3, 0.4) is 0 Å². The molecular formula is C22H16N4O3. The molecule has 0 aliphatic carbocycles. The summed E-state index contributed by atoms with van der Waals surface area (Å²) in [4.78, 5) is 8.49. The fourth-order valence-electron chi connectivity index (χ4n) is 2.57. The van der Waals surface area contributed by atoms with Gasteiger partial charge in [-0.05, 0) is 42.5 Å². The summed E-state index contributed by atoms with van der Waals surface area (Å²) in [5.41, 5.74) is 2.53. The number of aromatic hydroxyl groups is 2. The van der Waals surface area contributed by atoms with Crippen LogP contribution in [0.1, 0.15) is 11.1 Å². The van der Waals surface area contributed by atoms with Crippen molar-refractivity contribution in [1.82, 2.24) is 10.2 Å². The number of phenols is 2. The molecule has 0 saturated heterocycles. The zero-order chi connectivity index (χ0) is 20.1. The average molecular weight is 384 g/mol. The number of hydrogen-bond donors (Lipinski definition) is 2. The molecule has 0 bridgehead atoms. The van der Waals surface area contributed by atoms with Gasteiger partial charge in [0.1, 0.15) is 11.5 Å². The van der Waals surface area contributed by atoms with Crippen LogP contribution in [0.25, 0.3) is 11.5 Å². The molecule has 142 valence electrons. The highest BCUT2D eigenvalue weighted by molar-refractivity contribution is 5.85. The Kier molecular flexibility index (Phi) is 5.11. The molecule has 0 aliphatic heterocycles. The Balaban J connectivity index is 1.53. The van der Waals surface area contributed by atoms with Gasteiger partial charge in [0, 0.05) is 29.1 Å². The summed E-state index contributed by atoms with van der Waals surface area (Å²) < 4.78 is 5.57. The summed E-state index contributed by atoms with van der Waals surface area (Å²) in [5, 5.41) is 27.5. The van der Waals surface area contributed by atoms with E-state index >= 15 is 0 Å². The Hall–Kier alpha value is -4.26. The molecule has 4 aromatic rings. The first-order valence-electron chi connectivity index (χ1n) is 8.77. The highest BCUT2D eigenvalue weighted by atomic mass is 16.4. The molecule has 0 unspecified atom stereocenters. The summed E-state index contributed by atoms with van der Waals surface area (Å²) in [6.07, 6.45) is 3.05. The van der Waals surface area contributed by atoms with Gasteiger partial charge in [-0.1, -0.05) is 35.4 Å². The van der Waals surface area contributed by atoms with Gasteiger partial charge in [0.05, 0.1) is 5.69 Å². The predicted octanol–water partition coefficient (Wildman–Crippen LogP) is 4.65. The Morgan fingerprint density at radius 3 is 2.07 bits per heavy atom. The van der Waals surface area contributed by atoms with Gasteiger partial charge < -0.3 is 14.6 Å². The third-order valence-electron chi connectivity index (χ3n) is 4.05. The molecule has 0 fully saturated rings. The Bertz CT molecular complexity index is 1200. The van der Waals surface area contributed by atoms with Gasteiger partial charge in [0.2, 0.25) is 5.89 Å². The van der Waals surface area contributed by atoms with Crippen LogP contribution in [0.4, 0.5) is 11.7 Å². The van der Waals surface area contributed by atoms with Gasteiger partial charge in [-0.15, -0.1) is 5.10 Å². The van der Waals surface area contributed by atoms with Gasteiger partial charge >= 0.3 is 6.01 Å². The molecule has 1 aromatic heterocycles. The van der Waals surface area contributed by atoms with E-state index < -0.39 is 0 Å². The predicted molar refractivity (Wildman–Crippen MR) is 110 cm³/mol. The van der Waals surface area contributed by atoms with Gasteiger partial charge in [0.15, 0.2) is 0 Å². The minimum absolute atomic E-state index is 0.0753. The van der Waals surface area contributed by atoms with E-state index in [4.69, 9.17) is 4.42 Å². The fraction of sp³-hybridized carbons (Fsp3) is 0. The Morgan fingerprint density at radius 1 is 0.724 bits per heavy atom. The van der Waals surface area contributed by atoms with E-state index in [1.165, 1.54) is 6.21 Å². The maximum atomic E-state index is 9.82. The molecular weight excluding hydrogens is 368 g/mol. The van der Waals surface area contributed by atoms with Crippen molar-refractivity contribution in [2.24, 2.45) is 9.98 Å². The Morgan fingerprint density at radius 2 is 1.38 bits per heavy atom. The second-order valence-corrected chi connectivity index (χ2v) is 6.07. The minimum Gasteiger partial charge on any atom is -0.507 e. The van der Waals surface area contributed by atoms with E-state index in [-0.39, 0.29) is 17.5 Å². The zero-order valence-corrected chi connectivity index (χ0v) is 15.2. The van der Waals surface area contributed by atoms with Crippen LogP contribution in [-0.2, 0) is 0 Å². The monoisotopic (exact) mass is 384 g/mol. The maximum Gasteiger partial charge on any atom is 0.342 e. The molecule has 0 aliphatic rings. The summed E-state index contributed by atoms with van der Waals surface area (Å²) in [6.45, 7) is 0. The highest BCUT2D eigenvalue weighted by Crippen LogP contribution is 2.26.